The van der Waals surface area contributed by atoms with Gasteiger partial charge in [0.25, 0.3) is 5.91 Å². The number of piperidine rings is 1. The lowest BCUT2D eigenvalue weighted by molar-refractivity contribution is 0.0953. The van der Waals surface area contributed by atoms with E-state index in [-0.39, 0.29) is 5.91 Å². The molecule has 1 aromatic heterocycles. The topological polar surface area (TPSA) is 58.1 Å². The molecule has 5 heteroatoms. The Morgan fingerprint density at radius 1 is 1.63 bits per heavy atom. The monoisotopic (exact) mass is 260 g/mol. The zero-order chi connectivity index (χ0) is 13.7. The highest BCUT2D eigenvalue weighted by Crippen LogP contribution is 2.21. The average Bonchev–Trinajstić information content (AvgIpc) is 2.45. The molecule has 1 amide bonds. The van der Waals surface area contributed by atoms with E-state index in [1.165, 1.54) is 19.2 Å². The highest BCUT2D eigenvalue weighted by molar-refractivity contribution is 5.92. The van der Waals surface area contributed by atoms with Gasteiger partial charge in [-0.25, -0.2) is 9.97 Å². The summed E-state index contributed by atoms with van der Waals surface area (Å²) in [5.41, 5.74) is 0.407. The van der Waals surface area contributed by atoms with E-state index in [4.69, 9.17) is 0 Å². The quantitative estimate of drug-likeness (QED) is 0.836. The summed E-state index contributed by atoms with van der Waals surface area (Å²) in [5.74, 6) is 1.32. The van der Waals surface area contributed by atoms with Gasteiger partial charge in [0.2, 0.25) is 0 Å². The van der Waals surface area contributed by atoms with Crippen molar-refractivity contribution in [1.29, 1.82) is 0 Å². The molecule has 1 saturated heterocycles. The van der Waals surface area contributed by atoms with Gasteiger partial charge in [0, 0.05) is 25.7 Å². The molecule has 5 nitrogen and oxygen atoms in total. The summed E-state index contributed by atoms with van der Waals surface area (Å²) >= 11 is 0. The fourth-order valence-electron chi connectivity index (χ4n) is 2.30. The zero-order valence-corrected chi connectivity index (χ0v) is 11.3. The zero-order valence-electron chi connectivity index (χ0n) is 11.3. The molecule has 0 aromatic carbocycles. The van der Waals surface area contributed by atoms with Crippen LogP contribution in [0.2, 0.25) is 0 Å². The van der Waals surface area contributed by atoms with Crippen LogP contribution in [-0.2, 0) is 0 Å². The predicted molar refractivity (Wildman–Crippen MR) is 75.2 cm³/mol. The third kappa shape index (κ3) is 3.53. The summed E-state index contributed by atoms with van der Waals surface area (Å²) in [7, 11) is 0. The maximum atomic E-state index is 11.8. The van der Waals surface area contributed by atoms with Gasteiger partial charge in [0.05, 0.1) is 0 Å². The smallest absolute Gasteiger partial charge is 0.270 e. The first-order valence-corrected chi connectivity index (χ1v) is 6.67. The lowest BCUT2D eigenvalue weighted by Crippen LogP contribution is -2.35. The fraction of sp³-hybridized carbons (Fsp3) is 0.500. The normalized spacial score (nSPS) is 19.0. The van der Waals surface area contributed by atoms with E-state index in [1.54, 1.807) is 12.1 Å². The van der Waals surface area contributed by atoms with Crippen LogP contribution in [0.4, 0.5) is 5.82 Å². The van der Waals surface area contributed by atoms with Crippen LogP contribution in [-0.4, -0.2) is 35.5 Å². The number of nitrogens with one attached hydrogen (secondary N) is 1. The Morgan fingerprint density at radius 3 is 3.21 bits per heavy atom. The minimum atomic E-state index is -0.186. The number of rotatable bonds is 4. The lowest BCUT2D eigenvalue weighted by atomic mass is 10.0. The van der Waals surface area contributed by atoms with Crippen LogP contribution in [0.15, 0.2) is 25.0 Å². The number of hydrogen-bond donors (Lipinski definition) is 1. The summed E-state index contributed by atoms with van der Waals surface area (Å²) in [5, 5.41) is 2.72. The van der Waals surface area contributed by atoms with Crippen LogP contribution in [0.3, 0.4) is 0 Å². The highest BCUT2D eigenvalue weighted by Gasteiger charge is 2.18. The first kappa shape index (κ1) is 13.5. The van der Waals surface area contributed by atoms with E-state index >= 15 is 0 Å². The molecule has 0 radical (unpaired) electrons. The van der Waals surface area contributed by atoms with Gasteiger partial charge in [-0.1, -0.05) is 13.0 Å². The van der Waals surface area contributed by atoms with E-state index in [1.807, 2.05) is 0 Å². The van der Waals surface area contributed by atoms with Gasteiger partial charge >= 0.3 is 0 Å². The van der Waals surface area contributed by atoms with Crippen molar-refractivity contribution < 1.29 is 4.79 Å². The third-order valence-electron chi connectivity index (χ3n) is 3.27. The van der Waals surface area contributed by atoms with Crippen LogP contribution in [0, 0.1) is 5.92 Å². The van der Waals surface area contributed by atoms with Crippen LogP contribution < -0.4 is 10.2 Å². The number of aromatic nitrogens is 2. The summed E-state index contributed by atoms with van der Waals surface area (Å²) in [4.78, 5) is 22.4. The molecular formula is C14H20N4O. The van der Waals surface area contributed by atoms with Crippen LogP contribution in [0.1, 0.15) is 30.3 Å². The Labute approximate surface area is 113 Å². The van der Waals surface area contributed by atoms with Crippen molar-refractivity contribution in [2.45, 2.75) is 19.8 Å². The second-order valence-electron chi connectivity index (χ2n) is 4.95. The van der Waals surface area contributed by atoms with Gasteiger partial charge in [0.15, 0.2) is 0 Å². The molecule has 2 rings (SSSR count). The molecule has 1 aliphatic heterocycles. The fourth-order valence-corrected chi connectivity index (χ4v) is 2.30. The molecule has 2 heterocycles. The summed E-state index contributed by atoms with van der Waals surface area (Å²) in [6.45, 7) is 8.24. The van der Waals surface area contributed by atoms with E-state index < -0.39 is 0 Å². The van der Waals surface area contributed by atoms with Crippen molar-refractivity contribution in [3.63, 3.8) is 0 Å². The first-order valence-electron chi connectivity index (χ1n) is 6.67. The number of carbonyl (C=O) groups is 1. The van der Waals surface area contributed by atoms with Crippen molar-refractivity contribution in [1.82, 2.24) is 15.3 Å². The minimum absolute atomic E-state index is 0.186. The Balaban J connectivity index is 2.10. The van der Waals surface area contributed by atoms with Crippen molar-refractivity contribution in [2.24, 2.45) is 5.92 Å². The molecule has 19 heavy (non-hydrogen) atoms. The number of amides is 1. The third-order valence-corrected chi connectivity index (χ3v) is 3.27. The second kappa shape index (κ2) is 6.31. The maximum absolute atomic E-state index is 11.8. The van der Waals surface area contributed by atoms with Crippen molar-refractivity contribution >= 4 is 11.7 Å². The molecule has 1 aromatic rings. The van der Waals surface area contributed by atoms with E-state index in [2.05, 4.69) is 33.7 Å². The average molecular weight is 260 g/mol. The van der Waals surface area contributed by atoms with Gasteiger partial charge in [0.1, 0.15) is 17.8 Å². The molecule has 102 valence electrons. The van der Waals surface area contributed by atoms with Crippen LogP contribution in [0.25, 0.3) is 0 Å². The molecule has 1 N–H and O–H groups in total. The summed E-state index contributed by atoms with van der Waals surface area (Å²) in [6.07, 6.45) is 5.53. The Kier molecular flexibility index (Phi) is 4.49. The Bertz CT molecular complexity index is 461. The van der Waals surface area contributed by atoms with Crippen molar-refractivity contribution in [3.05, 3.63) is 30.7 Å². The van der Waals surface area contributed by atoms with Gasteiger partial charge in [-0.2, -0.15) is 0 Å². The summed E-state index contributed by atoms with van der Waals surface area (Å²) < 4.78 is 0. The molecule has 1 aliphatic rings. The number of nitrogens with zero attached hydrogens (tertiary/aromatic N) is 3. The molecule has 0 saturated carbocycles. The standard InChI is InChI=1S/C14H20N4O/c1-3-6-15-14(19)12-8-13(17-10-16-12)18-7-4-5-11(2)9-18/h3,8,10-11H,1,4-7,9H2,2H3,(H,15,19). The van der Waals surface area contributed by atoms with E-state index in [9.17, 15) is 4.79 Å². The van der Waals surface area contributed by atoms with Gasteiger partial charge < -0.3 is 10.2 Å². The molecule has 0 spiro atoms. The Hall–Kier alpha value is -1.91. The van der Waals surface area contributed by atoms with E-state index in [0.717, 1.165) is 18.9 Å². The lowest BCUT2D eigenvalue weighted by Gasteiger charge is -2.31. The largest absolute Gasteiger partial charge is 0.356 e. The first-order chi connectivity index (χ1) is 9.20. The molecule has 1 atom stereocenters. The molecule has 0 bridgehead atoms. The number of hydrogen-bond acceptors (Lipinski definition) is 4. The minimum Gasteiger partial charge on any atom is -0.356 e. The SMILES string of the molecule is C=CCNC(=O)c1cc(N2CCCC(C)C2)ncn1. The number of carbonyl (C=O) groups excluding carboxylic acids is 1. The molecule has 0 aliphatic carbocycles. The predicted octanol–water partition coefficient (Wildman–Crippen LogP) is 1.63. The second-order valence-corrected chi connectivity index (χ2v) is 4.95. The van der Waals surface area contributed by atoms with Gasteiger partial charge in [-0.15, -0.1) is 6.58 Å². The van der Waals surface area contributed by atoms with E-state index in [0.29, 0.717) is 18.2 Å². The summed E-state index contributed by atoms with van der Waals surface area (Å²) in [6, 6.07) is 1.76. The van der Waals surface area contributed by atoms with Crippen LogP contribution >= 0.6 is 0 Å². The molecular weight excluding hydrogens is 240 g/mol. The highest BCUT2D eigenvalue weighted by atomic mass is 16.1. The Morgan fingerprint density at radius 2 is 2.47 bits per heavy atom. The maximum Gasteiger partial charge on any atom is 0.270 e. The van der Waals surface area contributed by atoms with Gasteiger partial charge in [-0.05, 0) is 18.8 Å². The molecule has 1 fully saturated rings. The van der Waals surface area contributed by atoms with Gasteiger partial charge in [-0.3, -0.25) is 4.79 Å². The van der Waals surface area contributed by atoms with Crippen molar-refractivity contribution in [2.75, 3.05) is 24.5 Å². The van der Waals surface area contributed by atoms with Crippen molar-refractivity contribution in [3.8, 4) is 0 Å². The van der Waals surface area contributed by atoms with Crippen LogP contribution in [0.5, 0.6) is 0 Å². The molecule has 1 unspecified atom stereocenters. The number of anilines is 1.